The number of benzene rings is 1. The van der Waals surface area contributed by atoms with E-state index in [0.29, 0.717) is 19.6 Å². The molecule has 1 saturated heterocycles. The molecule has 0 aromatic heterocycles. The molecule has 1 aromatic carbocycles. The average Bonchev–Trinajstić information content (AvgIpc) is 2.82. The zero-order valence-corrected chi connectivity index (χ0v) is 10.0. The van der Waals surface area contributed by atoms with Crippen LogP contribution in [0.15, 0.2) is 29.2 Å². The Morgan fingerprint density at radius 2 is 2.24 bits per heavy atom. The number of hydrogen-bond acceptors (Lipinski definition) is 3. The summed E-state index contributed by atoms with van der Waals surface area (Å²) in [6.45, 7) is 0.968. The van der Waals surface area contributed by atoms with Crippen molar-refractivity contribution in [3.8, 4) is 0 Å². The molecule has 1 fully saturated rings. The lowest BCUT2D eigenvalue weighted by molar-refractivity contribution is -0.120. The van der Waals surface area contributed by atoms with Gasteiger partial charge in [-0.2, -0.15) is 0 Å². The van der Waals surface area contributed by atoms with Crippen molar-refractivity contribution >= 4 is 16.6 Å². The summed E-state index contributed by atoms with van der Waals surface area (Å²) in [6.07, 6.45) is 0.674. The number of ketones is 1. The fourth-order valence-electron chi connectivity index (χ4n) is 1.74. The van der Waals surface area contributed by atoms with Crippen molar-refractivity contribution in [2.24, 2.45) is 5.92 Å². The Hall–Kier alpha value is -1.07. The highest BCUT2D eigenvalue weighted by Crippen LogP contribution is 2.17. The molecule has 1 aliphatic heterocycles. The standard InChI is InChI=1S/C12H13FO3S/c13-10-3-1-2-4-12(10)17(15)8-11(14)9-5-6-16-7-9/h1-4,9H,5-8H2. The van der Waals surface area contributed by atoms with Gasteiger partial charge in [-0.1, -0.05) is 12.1 Å². The van der Waals surface area contributed by atoms with Gasteiger partial charge in [0.05, 0.1) is 28.1 Å². The molecule has 2 rings (SSSR count). The highest BCUT2D eigenvalue weighted by Gasteiger charge is 2.25. The number of rotatable bonds is 4. The quantitative estimate of drug-likeness (QED) is 0.820. The minimum absolute atomic E-state index is 0.0970. The molecule has 1 aromatic rings. The van der Waals surface area contributed by atoms with Crippen molar-refractivity contribution in [1.29, 1.82) is 0 Å². The molecule has 0 amide bonds. The fourth-order valence-corrected chi connectivity index (χ4v) is 2.91. The molecule has 3 nitrogen and oxygen atoms in total. The smallest absolute Gasteiger partial charge is 0.151 e. The van der Waals surface area contributed by atoms with Gasteiger partial charge in [0.15, 0.2) is 5.78 Å². The first kappa shape index (κ1) is 12.4. The fraction of sp³-hybridized carbons (Fsp3) is 0.417. The van der Waals surface area contributed by atoms with Gasteiger partial charge < -0.3 is 4.74 Å². The molecule has 0 aliphatic carbocycles. The molecular weight excluding hydrogens is 243 g/mol. The van der Waals surface area contributed by atoms with E-state index in [1.165, 1.54) is 18.2 Å². The number of halogens is 1. The predicted octanol–water partition coefficient (Wildman–Crippen LogP) is 1.54. The van der Waals surface area contributed by atoms with Crippen LogP contribution in [0.3, 0.4) is 0 Å². The Kier molecular flexibility index (Phi) is 4.02. The molecule has 5 heteroatoms. The number of carbonyl (C=O) groups excluding carboxylic acids is 1. The Bertz CT molecular complexity index is 441. The van der Waals surface area contributed by atoms with Crippen molar-refractivity contribution in [2.75, 3.05) is 19.0 Å². The maximum absolute atomic E-state index is 13.3. The van der Waals surface area contributed by atoms with Crippen LogP contribution >= 0.6 is 0 Å². The van der Waals surface area contributed by atoms with E-state index >= 15 is 0 Å². The first-order chi connectivity index (χ1) is 8.18. The van der Waals surface area contributed by atoms with Crippen LogP contribution in [0.1, 0.15) is 6.42 Å². The molecule has 2 atom stereocenters. The summed E-state index contributed by atoms with van der Waals surface area (Å²) in [7, 11) is -1.60. The third kappa shape index (κ3) is 2.98. The minimum Gasteiger partial charge on any atom is -0.381 e. The van der Waals surface area contributed by atoms with E-state index in [4.69, 9.17) is 4.74 Å². The lowest BCUT2D eigenvalue weighted by Gasteiger charge is -2.06. The summed E-state index contributed by atoms with van der Waals surface area (Å²) in [4.78, 5) is 11.8. The van der Waals surface area contributed by atoms with E-state index in [1.54, 1.807) is 6.07 Å². The molecule has 0 saturated carbocycles. The molecule has 0 bridgehead atoms. The number of hydrogen-bond donors (Lipinski definition) is 0. The Morgan fingerprint density at radius 3 is 2.88 bits per heavy atom. The summed E-state index contributed by atoms with van der Waals surface area (Å²) in [5.41, 5.74) is 0. The largest absolute Gasteiger partial charge is 0.381 e. The predicted molar refractivity (Wildman–Crippen MR) is 61.6 cm³/mol. The first-order valence-corrected chi connectivity index (χ1v) is 6.73. The maximum atomic E-state index is 13.3. The number of Topliss-reactive ketones (excluding diaryl/α,β-unsaturated/α-hetero) is 1. The second kappa shape index (κ2) is 5.51. The van der Waals surface area contributed by atoms with Gasteiger partial charge in [-0.3, -0.25) is 9.00 Å². The van der Waals surface area contributed by atoms with Crippen LogP contribution in [0.4, 0.5) is 4.39 Å². The normalized spacial score (nSPS) is 21.4. The lowest BCUT2D eigenvalue weighted by Crippen LogP contribution is -2.21. The molecule has 0 radical (unpaired) electrons. The van der Waals surface area contributed by atoms with Gasteiger partial charge in [0.1, 0.15) is 5.82 Å². The third-order valence-electron chi connectivity index (χ3n) is 2.74. The van der Waals surface area contributed by atoms with Gasteiger partial charge in [-0.05, 0) is 18.6 Å². The highest BCUT2D eigenvalue weighted by atomic mass is 32.2. The Morgan fingerprint density at radius 1 is 1.47 bits per heavy atom. The van der Waals surface area contributed by atoms with Crippen molar-refractivity contribution in [3.05, 3.63) is 30.1 Å². The Labute approximate surface area is 101 Å². The van der Waals surface area contributed by atoms with Crippen LogP contribution in [-0.4, -0.2) is 29.0 Å². The third-order valence-corrected chi connectivity index (χ3v) is 4.11. The highest BCUT2D eigenvalue weighted by molar-refractivity contribution is 7.85. The molecule has 92 valence electrons. The van der Waals surface area contributed by atoms with Gasteiger partial charge in [-0.15, -0.1) is 0 Å². The van der Waals surface area contributed by atoms with Crippen LogP contribution in [0.25, 0.3) is 0 Å². The van der Waals surface area contributed by atoms with Gasteiger partial charge in [0.2, 0.25) is 0 Å². The molecule has 0 spiro atoms. The van der Waals surface area contributed by atoms with Gasteiger partial charge >= 0.3 is 0 Å². The molecular formula is C12H13FO3S. The van der Waals surface area contributed by atoms with Crippen molar-refractivity contribution < 1.29 is 18.1 Å². The van der Waals surface area contributed by atoms with Crippen molar-refractivity contribution in [3.63, 3.8) is 0 Å². The first-order valence-electron chi connectivity index (χ1n) is 5.42. The van der Waals surface area contributed by atoms with Gasteiger partial charge in [0, 0.05) is 12.5 Å². The summed E-state index contributed by atoms with van der Waals surface area (Å²) < 4.78 is 30.3. The monoisotopic (exact) mass is 256 g/mol. The van der Waals surface area contributed by atoms with Gasteiger partial charge in [-0.25, -0.2) is 4.39 Å². The van der Waals surface area contributed by atoms with Gasteiger partial charge in [0.25, 0.3) is 0 Å². The summed E-state index contributed by atoms with van der Waals surface area (Å²) in [6, 6.07) is 5.84. The molecule has 17 heavy (non-hydrogen) atoms. The van der Waals surface area contributed by atoms with Crippen LogP contribution in [0, 0.1) is 11.7 Å². The van der Waals surface area contributed by atoms with Crippen LogP contribution in [-0.2, 0) is 20.3 Å². The van der Waals surface area contributed by atoms with E-state index in [2.05, 4.69) is 0 Å². The number of ether oxygens (including phenoxy) is 1. The van der Waals surface area contributed by atoms with Crippen molar-refractivity contribution in [2.45, 2.75) is 11.3 Å². The van der Waals surface area contributed by atoms with Crippen molar-refractivity contribution in [1.82, 2.24) is 0 Å². The van der Waals surface area contributed by atoms with E-state index in [-0.39, 0.29) is 22.3 Å². The van der Waals surface area contributed by atoms with Crippen LogP contribution in [0.2, 0.25) is 0 Å². The van der Waals surface area contributed by atoms with Crippen LogP contribution < -0.4 is 0 Å². The summed E-state index contributed by atoms with van der Waals surface area (Å²) >= 11 is 0. The SMILES string of the molecule is O=C(CS(=O)c1ccccc1F)C1CCOC1. The lowest BCUT2D eigenvalue weighted by atomic mass is 10.1. The molecule has 0 N–H and O–H groups in total. The van der Waals surface area contributed by atoms with E-state index < -0.39 is 16.6 Å². The van der Waals surface area contributed by atoms with E-state index in [0.717, 1.165) is 0 Å². The summed E-state index contributed by atoms with van der Waals surface area (Å²) in [5, 5.41) is 0. The molecule has 1 heterocycles. The Balaban J connectivity index is 2.02. The molecule has 1 aliphatic rings. The molecule has 2 unspecified atom stereocenters. The second-order valence-corrected chi connectivity index (χ2v) is 5.37. The maximum Gasteiger partial charge on any atom is 0.151 e. The second-order valence-electron chi connectivity index (χ2n) is 3.95. The summed E-state index contributed by atoms with van der Waals surface area (Å²) in [5.74, 6) is -0.939. The minimum atomic E-state index is -1.60. The topological polar surface area (TPSA) is 43.4 Å². The van der Waals surface area contributed by atoms with E-state index in [1.807, 2.05) is 0 Å². The van der Waals surface area contributed by atoms with Crippen LogP contribution in [0.5, 0.6) is 0 Å². The van der Waals surface area contributed by atoms with E-state index in [9.17, 15) is 13.4 Å². The zero-order chi connectivity index (χ0) is 12.3. The number of carbonyl (C=O) groups is 1. The zero-order valence-electron chi connectivity index (χ0n) is 9.23. The average molecular weight is 256 g/mol.